The predicted octanol–water partition coefficient (Wildman–Crippen LogP) is 1.84. The third kappa shape index (κ3) is 3.38. The maximum Gasteiger partial charge on any atom is 0.357 e. The molecule has 0 aliphatic carbocycles. The Morgan fingerprint density at radius 3 is 2.57 bits per heavy atom. The van der Waals surface area contributed by atoms with Crippen LogP contribution in [0.25, 0.3) is 0 Å². The van der Waals surface area contributed by atoms with Crippen LogP contribution in [0.5, 0.6) is 0 Å². The first kappa shape index (κ1) is 20.0. The number of ether oxygens (including phenoxy) is 1. The van der Waals surface area contributed by atoms with Gasteiger partial charge in [-0.2, -0.15) is 0 Å². The number of esters is 1. The molecule has 0 saturated carbocycles. The number of carbonyl (C=O) groups is 3. The number of fused-ring (bicyclic) bond motifs is 1. The molecule has 1 aliphatic heterocycles. The summed E-state index contributed by atoms with van der Waals surface area (Å²) in [5.41, 5.74) is 0.120. The van der Waals surface area contributed by atoms with Crippen LogP contribution >= 0.6 is 11.3 Å². The number of sulfonamides is 1. The minimum atomic E-state index is -4.08. The van der Waals surface area contributed by atoms with Crippen molar-refractivity contribution in [3.8, 4) is 0 Å². The van der Waals surface area contributed by atoms with E-state index in [9.17, 15) is 22.8 Å². The summed E-state index contributed by atoms with van der Waals surface area (Å²) in [6.45, 7) is 3.02. The average Bonchev–Trinajstić information content (AvgIpc) is 3.15. The first-order chi connectivity index (χ1) is 13.2. The van der Waals surface area contributed by atoms with Crippen LogP contribution in [0.4, 0.5) is 5.13 Å². The predicted molar refractivity (Wildman–Crippen MR) is 101 cm³/mol. The molecule has 0 spiro atoms. The van der Waals surface area contributed by atoms with Gasteiger partial charge in [0.2, 0.25) is 5.91 Å². The summed E-state index contributed by atoms with van der Waals surface area (Å²) in [7, 11) is -2.86. The molecule has 0 atom stereocenters. The summed E-state index contributed by atoms with van der Waals surface area (Å²) in [4.78, 5) is 41.1. The molecule has 2 amide bonds. The number of thiazole rings is 1. The van der Waals surface area contributed by atoms with E-state index in [0.29, 0.717) is 9.18 Å². The number of hydrogen-bond donors (Lipinski definition) is 1. The van der Waals surface area contributed by atoms with Gasteiger partial charge in [0.25, 0.3) is 15.9 Å². The van der Waals surface area contributed by atoms with Crippen molar-refractivity contribution in [3.05, 3.63) is 40.4 Å². The van der Waals surface area contributed by atoms with Crippen molar-refractivity contribution in [2.24, 2.45) is 0 Å². The molecule has 28 heavy (non-hydrogen) atoms. The molecule has 0 radical (unpaired) electrons. The van der Waals surface area contributed by atoms with Crippen LogP contribution in [0.1, 0.15) is 45.5 Å². The molecule has 1 N–H and O–H groups in total. The molecular weight excluding hydrogens is 406 g/mol. The number of benzene rings is 1. The lowest BCUT2D eigenvalue weighted by molar-refractivity contribution is -0.116. The van der Waals surface area contributed by atoms with E-state index in [-0.39, 0.29) is 27.2 Å². The molecular formula is C17H17N3O6S2. The van der Waals surface area contributed by atoms with Crippen LogP contribution in [-0.2, 0) is 19.6 Å². The van der Waals surface area contributed by atoms with Crippen molar-refractivity contribution >= 4 is 44.3 Å². The summed E-state index contributed by atoms with van der Waals surface area (Å²) in [5.74, 6) is -2.17. The third-order valence-corrected chi connectivity index (χ3v) is 7.06. The lowest BCUT2D eigenvalue weighted by atomic mass is 10.1. The van der Waals surface area contributed by atoms with Gasteiger partial charge in [-0.15, -0.1) is 11.3 Å². The van der Waals surface area contributed by atoms with Crippen LogP contribution in [0.3, 0.4) is 0 Å². The SMILES string of the molecule is COC(=O)c1nc(NC(=O)CN2C(=O)c3ccccc3S2(=O)=O)sc1C(C)C. The van der Waals surface area contributed by atoms with Crippen LogP contribution < -0.4 is 5.32 Å². The van der Waals surface area contributed by atoms with Gasteiger partial charge in [-0.05, 0) is 18.1 Å². The van der Waals surface area contributed by atoms with Crippen LogP contribution in [0, 0.1) is 0 Å². The molecule has 3 rings (SSSR count). The highest BCUT2D eigenvalue weighted by Gasteiger charge is 2.41. The Morgan fingerprint density at radius 1 is 1.29 bits per heavy atom. The van der Waals surface area contributed by atoms with E-state index in [1.165, 1.54) is 25.3 Å². The monoisotopic (exact) mass is 423 g/mol. The first-order valence-corrected chi connectivity index (χ1v) is 10.5. The second-order valence-corrected chi connectivity index (χ2v) is 9.10. The molecule has 9 nitrogen and oxygen atoms in total. The number of hydrogen-bond acceptors (Lipinski definition) is 8. The molecule has 2 aromatic rings. The van der Waals surface area contributed by atoms with Gasteiger partial charge >= 0.3 is 5.97 Å². The number of methoxy groups -OCH3 is 1. The Labute approximate surface area is 165 Å². The summed E-state index contributed by atoms with van der Waals surface area (Å²) < 4.78 is 30.2. The summed E-state index contributed by atoms with van der Waals surface area (Å²) >= 11 is 1.09. The van der Waals surface area contributed by atoms with Crippen molar-refractivity contribution < 1.29 is 27.5 Å². The second kappa shape index (κ2) is 7.32. The van der Waals surface area contributed by atoms with Gasteiger partial charge in [0.1, 0.15) is 11.4 Å². The van der Waals surface area contributed by atoms with Gasteiger partial charge in [-0.1, -0.05) is 26.0 Å². The molecule has 1 aromatic heterocycles. The number of aromatic nitrogens is 1. The number of amides is 2. The van der Waals surface area contributed by atoms with E-state index in [1.807, 2.05) is 13.8 Å². The van der Waals surface area contributed by atoms with Crippen molar-refractivity contribution in [1.82, 2.24) is 9.29 Å². The van der Waals surface area contributed by atoms with Crippen molar-refractivity contribution in [2.45, 2.75) is 24.7 Å². The Balaban J connectivity index is 1.80. The van der Waals surface area contributed by atoms with Crippen molar-refractivity contribution in [2.75, 3.05) is 19.0 Å². The highest BCUT2D eigenvalue weighted by atomic mass is 32.2. The molecule has 148 valence electrons. The van der Waals surface area contributed by atoms with E-state index in [0.717, 1.165) is 11.3 Å². The average molecular weight is 423 g/mol. The largest absolute Gasteiger partial charge is 0.464 e. The maximum absolute atomic E-state index is 12.5. The Morgan fingerprint density at radius 2 is 1.96 bits per heavy atom. The molecule has 0 saturated heterocycles. The Bertz CT molecular complexity index is 1070. The normalized spacial score (nSPS) is 14.9. The fourth-order valence-electron chi connectivity index (χ4n) is 2.70. The minimum absolute atomic E-state index is 0.0274. The van der Waals surface area contributed by atoms with Gasteiger partial charge in [0.05, 0.1) is 12.7 Å². The molecule has 2 heterocycles. The van der Waals surface area contributed by atoms with E-state index >= 15 is 0 Å². The molecule has 11 heteroatoms. The molecule has 1 aliphatic rings. The number of rotatable bonds is 5. The highest BCUT2D eigenvalue weighted by molar-refractivity contribution is 7.90. The zero-order chi connectivity index (χ0) is 20.6. The lowest BCUT2D eigenvalue weighted by Gasteiger charge is -2.13. The number of anilines is 1. The molecule has 1 aromatic carbocycles. The minimum Gasteiger partial charge on any atom is -0.464 e. The fraction of sp³-hybridized carbons (Fsp3) is 0.294. The van der Waals surface area contributed by atoms with Crippen molar-refractivity contribution in [3.63, 3.8) is 0 Å². The maximum atomic E-state index is 12.5. The first-order valence-electron chi connectivity index (χ1n) is 8.21. The van der Waals surface area contributed by atoms with E-state index in [4.69, 9.17) is 4.74 Å². The lowest BCUT2D eigenvalue weighted by Crippen LogP contribution is -2.37. The molecule has 0 unspecified atom stereocenters. The van der Waals surface area contributed by atoms with Gasteiger partial charge in [-0.3, -0.25) is 9.59 Å². The standard InChI is InChI=1S/C17H17N3O6S2/c1-9(2)14-13(16(23)26-3)19-17(27-14)18-12(21)8-20-15(22)10-6-4-5-7-11(10)28(20,24)25/h4-7,9H,8H2,1-3H3,(H,18,19,21). The summed E-state index contributed by atoms with van der Waals surface area (Å²) in [6.07, 6.45) is 0. The zero-order valence-corrected chi connectivity index (χ0v) is 16.9. The van der Waals surface area contributed by atoms with Gasteiger partial charge in [0, 0.05) is 4.88 Å². The smallest absolute Gasteiger partial charge is 0.357 e. The number of carbonyl (C=O) groups excluding carboxylic acids is 3. The topological polar surface area (TPSA) is 123 Å². The summed E-state index contributed by atoms with van der Waals surface area (Å²) in [6, 6.07) is 5.77. The number of nitrogens with one attached hydrogen (secondary N) is 1. The second-order valence-electron chi connectivity index (χ2n) is 6.24. The van der Waals surface area contributed by atoms with Crippen LogP contribution in [0.2, 0.25) is 0 Å². The Kier molecular flexibility index (Phi) is 5.22. The number of nitrogens with zero attached hydrogens (tertiary/aromatic N) is 2. The molecule has 0 bridgehead atoms. The van der Waals surface area contributed by atoms with Crippen LogP contribution in [-0.4, -0.2) is 49.1 Å². The van der Waals surface area contributed by atoms with E-state index in [1.54, 1.807) is 6.07 Å². The zero-order valence-electron chi connectivity index (χ0n) is 15.3. The van der Waals surface area contributed by atoms with Gasteiger partial charge in [-0.25, -0.2) is 22.5 Å². The fourth-order valence-corrected chi connectivity index (χ4v) is 5.19. The van der Waals surface area contributed by atoms with Gasteiger partial charge in [0.15, 0.2) is 10.8 Å². The van der Waals surface area contributed by atoms with Crippen LogP contribution in [0.15, 0.2) is 29.2 Å². The molecule has 0 fully saturated rings. The highest BCUT2D eigenvalue weighted by Crippen LogP contribution is 2.31. The third-order valence-electron chi connectivity index (χ3n) is 4.00. The Hall–Kier alpha value is -2.79. The van der Waals surface area contributed by atoms with E-state index < -0.39 is 34.4 Å². The van der Waals surface area contributed by atoms with E-state index in [2.05, 4.69) is 10.3 Å². The quantitative estimate of drug-likeness (QED) is 0.728. The van der Waals surface area contributed by atoms with Crippen molar-refractivity contribution in [1.29, 1.82) is 0 Å². The van der Waals surface area contributed by atoms with Gasteiger partial charge < -0.3 is 10.1 Å². The summed E-state index contributed by atoms with van der Waals surface area (Å²) in [5, 5.41) is 2.57.